The van der Waals surface area contributed by atoms with Crippen LogP contribution in [0.1, 0.15) is 25.7 Å². The van der Waals surface area contributed by atoms with Gasteiger partial charge in [-0.1, -0.05) is 24.3 Å². The molecule has 1 aromatic rings. The molecule has 136 valence electrons. The number of hydrogen-bond acceptors (Lipinski definition) is 5. The quantitative estimate of drug-likeness (QED) is 0.363. The molecule has 0 radical (unpaired) electrons. The zero-order valence-electron chi connectivity index (χ0n) is 14.1. The van der Waals surface area contributed by atoms with E-state index in [1.807, 2.05) is 12.2 Å². The summed E-state index contributed by atoms with van der Waals surface area (Å²) in [5.74, 6) is -1.26. The molecule has 3 rings (SSSR count). The number of nitrogens with zero attached hydrogens (tertiary/aromatic N) is 2. The van der Waals surface area contributed by atoms with Crippen molar-refractivity contribution in [1.29, 1.82) is 0 Å². The number of carbonyl (C=O) groups excluding carboxylic acids is 3. The highest BCUT2D eigenvalue weighted by Crippen LogP contribution is 2.35. The lowest BCUT2D eigenvalue weighted by Gasteiger charge is -2.14. The first-order valence-corrected chi connectivity index (χ1v) is 8.52. The number of benzene rings is 1. The van der Waals surface area contributed by atoms with Crippen molar-refractivity contribution in [2.45, 2.75) is 25.7 Å². The van der Waals surface area contributed by atoms with E-state index in [0.29, 0.717) is 19.3 Å². The lowest BCUT2D eigenvalue weighted by Crippen LogP contribution is -2.32. The van der Waals surface area contributed by atoms with Crippen LogP contribution in [-0.2, 0) is 14.4 Å². The van der Waals surface area contributed by atoms with Gasteiger partial charge in [0.25, 0.3) is 5.69 Å². The summed E-state index contributed by atoms with van der Waals surface area (Å²) in [5, 5.41) is 13.5. The van der Waals surface area contributed by atoms with Crippen molar-refractivity contribution in [1.82, 2.24) is 4.90 Å². The first-order valence-electron chi connectivity index (χ1n) is 8.52. The van der Waals surface area contributed by atoms with Crippen molar-refractivity contribution in [3.05, 3.63) is 46.5 Å². The number of amides is 3. The van der Waals surface area contributed by atoms with E-state index in [4.69, 9.17) is 0 Å². The predicted octanol–water partition coefficient (Wildman–Crippen LogP) is 2.26. The molecule has 8 nitrogen and oxygen atoms in total. The molecule has 1 heterocycles. The number of nitro groups is 1. The summed E-state index contributed by atoms with van der Waals surface area (Å²) in [4.78, 5) is 48.3. The Bertz CT molecular complexity index is 763. The fraction of sp³-hybridized carbons (Fsp3) is 0.389. The van der Waals surface area contributed by atoms with Crippen LogP contribution in [0, 0.1) is 22.0 Å². The topological polar surface area (TPSA) is 110 Å². The highest BCUT2D eigenvalue weighted by atomic mass is 16.6. The first kappa shape index (κ1) is 17.8. The minimum absolute atomic E-state index is 0.0662. The largest absolute Gasteiger partial charge is 0.320 e. The molecule has 2 aliphatic rings. The SMILES string of the molecule is O=C(CCCN1C(=O)[C@H]2CC=CC[C@@H]2C1=O)Nc1ccccc1[N+](=O)[O-]. The number of hydrogen-bond donors (Lipinski definition) is 1. The van der Waals surface area contributed by atoms with Crippen molar-refractivity contribution < 1.29 is 19.3 Å². The van der Waals surface area contributed by atoms with Gasteiger partial charge >= 0.3 is 0 Å². The van der Waals surface area contributed by atoms with Crippen LogP contribution in [0.4, 0.5) is 11.4 Å². The van der Waals surface area contributed by atoms with Crippen LogP contribution in [0.3, 0.4) is 0 Å². The molecular formula is C18H19N3O5. The maximum absolute atomic E-state index is 12.3. The summed E-state index contributed by atoms with van der Waals surface area (Å²) in [7, 11) is 0. The van der Waals surface area contributed by atoms with Gasteiger partial charge in [-0.15, -0.1) is 0 Å². The third kappa shape index (κ3) is 3.49. The standard InChI is InChI=1S/C18H19N3O5/c22-16(19-14-8-3-4-9-15(14)21(25)26)10-5-11-20-17(23)12-6-1-2-7-13(12)18(20)24/h1-4,8-9,12-13H,5-7,10-11H2,(H,19,22)/t12-,13-/m0/s1. The molecule has 1 N–H and O–H groups in total. The maximum atomic E-state index is 12.3. The van der Waals surface area contributed by atoms with E-state index in [-0.39, 0.29) is 48.0 Å². The van der Waals surface area contributed by atoms with E-state index < -0.39 is 10.8 Å². The van der Waals surface area contributed by atoms with Gasteiger partial charge in [0, 0.05) is 19.0 Å². The van der Waals surface area contributed by atoms with Gasteiger partial charge in [0.1, 0.15) is 5.69 Å². The average molecular weight is 357 g/mol. The fourth-order valence-electron chi connectivity index (χ4n) is 3.44. The zero-order chi connectivity index (χ0) is 18.7. The lowest BCUT2D eigenvalue weighted by atomic mass is 9.85. The molecule has 1 aromatic carbocycles. The second kappa shape index (κ2) is 7.47. The predicted molar refractivity (Wildman–Crippen MR) is 93.0 cm³/mol. The number of anilines is 1. The Morgan fingerprint density at radius 3 is 2.38 bits per heavy atom. The van der Waals surface area contributed by atoms with E-state index in [2.05, 4.69) is 5.32 Å². The minimum Gasteiger partial charge on any atom is -0.320 e. The number of para-hydroxylation sites is 2. The number of fused-ring (bicyclic) bond motifs is 1. The first-order chi connectivity index (χ1) is 12.5. The number of allylic oxidation sites excluding steroid dienone is 2. The van der Waals surface area contributed by atoms with E-state index in [9.17, 15) is 24.5 Å². The average Bonchev–Trinajstić information content (AvgIpc) is 2.87. The van der Waals surface area contributed by atoms with Gasteiger partial charge in [-0.25, -0.2) is 0 Å². The molecule has 1 aliphatic carbocycles. The van der Waals surface area contributed by atoms with E-state index in [1.54, 1.807) is 6.07 Å². The summed E-state index contributed by atoms with van der Waals surface area (Å²) in [6.45, 7) is 0.189. The van der Waals surface area contributed by atoms with Crippen LogP contribution in [-0.4, -0.2) is 34.1 Å². The minimum atomic E-state index is -0.563. The van der Waals surface area contributed by atoms with Crippen LogP contribution in [0.2, 0.25) is 0 Å². The van der Waals surface area contributed by atoms with Crippen LogP contribution >= 0.6 is 0 Å². The number of rotatable bonds is 6. The molecule has 0 saturated carbocycles. The highest BCUT2D eigenvalue weighted by Gasteiger charge is 2.46. The van der Waals surface area contributed by atoms with Crippen molar-refractivity contribution in [2.75, 3.05) is 11.9 Å². The molecule has 8 heteroatoms. The van der Waals surface area contributed by atoms with Gasteiger partial charge in [0.15, 0.2) is 0 Å². The maximum Gasteiger partial charge on any atom is 0.292 e. The van der Waals surface area contributed by atoms with Crippen molar-refractivity contribution in [3.63, 3.8) is 0 Å². The second-order valence-corrected chi connectivity index (χ2v) is 6.41. The normalized spacial score (nSPS) is 21.6. The zero-order valence-corrected chi connectivity index (χ0v) is 14.1. The van der Waals surface area contributed by atoms with E-state index >= 15 is 0 Å². The van der Waals surface area contributed by atoms with Crippen LogP contribution in [0.15, 0.2) is 36.4 Å². The fourth-order valence-corrected chi connectivity index (χ4v) is 3.44. The lowest BCUT2D eigenvalue weighted by molar-refractivity contribution is -0.383. The summed E-state index contributed by atoms with van der Waals surface area (Å²) < 4.78 is 0. The molecule has 1 aliphatic heterocycles. The highest BCUT2D eigenvalue weighted by molar-refractivity contribution is 6.05. The van der Waals surface area contributed by atoms with Gasteiger partial charge in [0.05, 0.1) is 16.8 Å². The summed E-state index contributed by atoms with van der Waals surface area (Å²) in [6.07, 6.45) is 5.41. The molecule has 0 bridgehead atoms. The monoisotopic (exact) mass is 357 g/mol. The Kier molecular flexibility index (Phi) is 5.11. The Labute approximate surface area is 150 Å². The van der Waals surface area contributed by atoms with Gasteiger partial charge < -0.3 is 5.32 Å². The van der Waals surface area contributed by atoms with Gasteiger partial charge in [-0.05, 0) is 25.3 Å². The van der Waals surface area contributed by atoms with Gasteiger partial charge in [0.2, 0.25) is 17.7 Å². The number of carbonyl (C=O) groups is 3. The molecule has 0 aromatic heterocycles. The third-order valence-corrected chi connectivity index (χ3v) is 4.76. The van der Waals surface area contributed by atoms with Crippen molar-refractivity contribution in [3.8, 4) is 0 Å². The molecular weight excluding hydrogens is 338 g/mol. The van der Waals surface area contributed by atoms with Crippen LogP contribution < -0.4 is 5.32 Å². The van der Waals surface area contributed by atoms with Crippen molar-refractivity contribution in [2.24, 2.45) is 11.8 Å². The second-order valence-electron chi connectivity index (χ2n) is 6.41. The Balaban J connectivity index is 1.52. The Morgan fingerprint density at radius 1 is 1.15 bits per heavy atom. The van der Waals surface area contributed by atoms with Crippen LogP contribution in [0.25, 0.3) is 0 Å². The summed E-state index contributed by atoms with van der Waals surface area (Å²) in [5.41, 5.74) is -0.0461. The molecule has 0 unspecified atom stereocenters. The number of likely N-dealkylation sites (tertiary alicyclic amines) is 1. The van der Waals surface area contributed by atoms with Crippen LogP contribution in [0.5, 0.6) is 0 Å². The van der Waals surface area contributed by atoms with E-state index in [0.717, 1.165) is 0 Å². The van der Waals surface area contributed by atoms with Crippen molar-refractivity contribution >= 4 is 29.1 Å². The molecule has 0 spiro atoms. The number of nitro benzene ring substituents is 1. The summed E-state index contributed by atoms with van der Waals surface area (Å²) >= 11 is 0. The van der Waals surface area contributed by atoms with E-state index in [1.165, 1.54) is 23.1 Å². The van der Waals surface area contributed by atoms with Gasteiger partial charge in [-0.3, -0.25) is 29.4 Å². The third-order valence-electron chi connectivity index (χ3n) is 4.76. The molecule has 1 fully saturated rings. The Morgan fingerprint density at radius 2 is 1.77 bits per heavy atom. The molecule has 1 saturated heterocycles. The van der Waals surface area contributed by atoms with Gasteiger partial charge in [-0.2, -0.15) is 0 Å². The Hall–Kier alpha value is -3.03. The molecule has 3 amide bonds. The molecule has 26 heavy (non-hydrogen) atoms. The summed E-state index contributed by atoms with van der Waals surface area (Å²) in [6, 6.07) is 5.89. The molecule has 2 atom stereocenters. The number of nitrogens with one attached hydrogen (secondary N) is 1. The number of imide groups is 1. The smallest absolute Gasteiger partial charge is 0.292 e.